The molecule has 3 rings (SSSR count). The second kappa shape index (κ2) is 9.14. The Bertz CT molecular complexity index is 286. The molecule has 6 unspecified atom stereocenters. The summed E-state index contributed by atoms with van der Waals surface area (Å²) in [6, 6.07) is 0. The van der Waals surface area contributed by atoms with E-state index in [2.05, 4.69) is 68.1 Å². The Balaban J connectivity index is 1.36. The summed E-state index contributed by atoms with van der Waals surface area (Å²) in [7, 11) is 0. The van der Waals surface area contributed by atoms with E-state index in [9.17, 15) is 0 Å². The normalized spacial score (nSPS) is 39.3. The van der Waals surface area contributed by atoms with Crippen molar-refractivity contribution in [3.8, 4) is 0 Å². The zero-order chi connectivity index (χ0) is 13.9. The molecule has 0 aromatic heterocycles. The van der Waals surface area contributed by atoms with Crippen molar-refractivity contribution in [3.63, 3.8) is 0 Å². The maximum absolute atomic E-state index is 2.20. The predicted molar refractivity (Wildman–Crippen MR) is 101 cm³/mol. The van der Waals surface area contributed by atoms with Crippen molar-refractivity contribution in [2.24, 2.45) is 0 Å². The Morgan fingerprint density at radius 2 is 1.55 bits per heavy atom. The van der Waals surface area contributed by atoms with Gasteiger partial charge >= 0.3 is 174 Å². The van der Waals surface area contributed by atoms with Gasteiger partial charge in [-0.15, -0.1) is 0 Å². The first kappa shape index (κ1) is 18.1. The van der Waals surface area contributed by atoms with Crippen LogP contribution in [0.3, 0.4) is 0 Å². The molecule has 3 aliphatic rings. The summed E-state index contributed by atoms with van der Waals surface area (Å²) in [5.41, 5.74) is 0. The fraction of sp³-hybridized carbons (Fsp3) is 1.00. The van der Waals surface area contributed by atoms with E-state index in [1.165, 1.54) is 15.2 Å². The molecule has 0 N–H and O–H groups in total. The minimum atomic E-state index is 0.996. The van der Waals surface area contributed by atoms with Crippen LogP contribution in [-0.2, 0) is 0 Å². The molecular weight excluding hydrogens is 645 g/mol. The van der Waals surface area contributed by atoms with Crippen LogP contribution < -0.4 is 0 Å². The molecule has 3 fully saturated rings. The number of hydrogen-bond donors (Lipinski definition) is 0. The van der Waals surface area contributed by atoms with E-state index in [1.807, 2.05) is 0 Å². The van der Waals surface area contributed by atoms with E-state index in [4.69, 9.17) is 0 Å². The van der Waals surface area contributed by atoms with Gasteiger partial charge in [0.2, 0.25) is 0 Å². The molecule has 0 bridgehead atoms. The van der Waals surface area contributed by atoms with Gasteiger partial charge in [0.25, 0.3) is 0 Å². The standard InChI is InChI=1S/C14H24S2Se2Te2/c19-12(3-9-7-15-9)5-11-1-2-17-14(18-11)6-13(20)4-10-8-16-10/h9-14,19-20H,1-8H2. The van der Waals surface area contributed by atoms with Crippen LogP contribution in [0.15, 0.2) is 0 Å². The van der Waals surface area contributed by atoms with Crippen LogP contribution in [0.4, 0.5) is 0 Å². The van der Waals surface area contributed by atoms with Gasteiger partial charge in [0.15, 0.2) is 0 Å². The first-order valence-corrected chi connectivity index (χ1v) is 16.8. The Labute approximate surface area is 171 Å². The fourth-order valence-electron chi connectivity index (χ4n) is 2.68. The van der Waals surface area contributed by atoms with Crippen molar-refractivity contribution in [2.45, 2.75) is 64.4 Å². The van der Waals surface area contributed by atoms with E-state index >= 15 is 0 Å². The molecule has 3 aliphatic heterocycles. The maximum atomic E-state index is 2.20. The molecule has 0 aromatic carbocycles. The summed E-state index contributed by atoms with van der Waals surface area (Å²) in [5, 5.41) is 3.75. The van der Waals surface area contributed by atoms with Gasteiger partial charge in [-0.25, -0.2) is 0 Å². The molecule has 3 saturated heterocycles. The van der Waals surface area contributed by atoms with Crippen LogP contribution in [-0.4, -0.2) is 96.5 Å². The van der Waals surface area contributed by atoms with Crippen LogP contribution >= 0.6 is 23.5 Å². The second-order valence-electron chi connectivity index (χ2n) is 6.01. The van der Waals surface area contributed by atoms with Crippen molar-refractivity contribution in [1.29, 1.82) is 0 Å². The molecule has 0 aliphatic carbocycles. The molecule has 0 aromatic rings. The van der Waals surface area contributed by atoms with Gasteiger partial charge in [-0.3, -0.25) is 0 Å². The average Bonchev–Trinajstić information content (AvgIpc) is 3.26. The zero-order valence-corrected chi connectivity index (χ0v) is 21.8. The van der Waals surface area contributed by atoms with Gasteiger partial charge < -0.3 is 0 Å². The zero-order valence-electron chi connectivity index (χ0n) is 11.6. The first-order chi connectivity index (χ1) is 9.69. The van der Waals surface area contributed by atoms with Gasteiger partial charge in [-0.2, -0.15) is 0 Å². The Kier molecular flexibility index (Phi) is 8.28. The minimum absolute atomic E-state index is 0.996. The van der Waals surface area contributed by atoms with Gasteiger partial charge in [0.1, 0.15) is 0 Å². The van der Waals surface area contributed by atoms with E-state index in [0.29, 0.717) is 0 Å². The Hall–Kier alpha value is 3.32. The van der Waals surface area contributed by atoms with Gasteiger partial charge in [0.05, 0.1) is 0 Å². The van der Waals surface area contributed by atoms with Crippen LogP contribution in [0, 0.1) is 0 Å². The molecule has 3 heterocycles. The molecule has 0 amide bonds. The molecule has 0 radical (unpaired) electrons. The number of rotatable bonds is 8. The van der Waals surface area contributed by atoms with Crippen molar-refractivity contribution in [3.05, 3.63) is 0 Å². The molecule has 116 valence electrons. The topological polar surface area (TPSA) is 0 Å². The fourth-order valence-corrected chi connectivity index (χ4v) is 20.1. The van der Waals surface area contributed by atoms with Gasteiger partial charge in [-0.1, -0.05) is 0 Å². The number of hydrogen-bond acceptors (Lipinski definition) is 2. The van der Waals surface area contributed by atoms with E-state index in [-0.39, 0.29) is 0 Å². The second-order valence-corrected chi connectivity index (χ2v) is 20.3. The van der Waals surface area contributed by atoms with Crippen molar-refractivity contribution < 1.29 is 0 Å². The van der Waals surface area contributed by atoms with Crippen molar-refractivity contribution >= 4 is 98.0 Å². The van der Waals surface area contributed by atoms with E-state index < -0.39 is 0 Å². The van der Waals surface area contributed by atoms with Crippen molar-refractivity contribution in [1.82, 2.24) is 0 Å². The molecule has 0 nitrogen and oxygen atoms in total. The molecule has 0 saturated carbocycles. The van der Waals surface area contributed by atoms with Crippen LogP contribution in [0.2, 0.25) is 21.8 Å². The monoisotopic (exact) mass is 676 g/mol. The molecule has 0 spiro atoms. The third-order valence-electron chi connectivity index (χ3n) is 3.96. The number of thioether (sulfide) groups is 2. The summed E-state index contributed by atoms with van der Waals surface area (Å²) in [4.78, 5) is 1.16. The Morgan fingerprint density at radius 1 is 0.950 bits per heavy atom. The third-order valence-corrected chi connectivity index (χ3v) is 16.0. The van der Waals surface area contributed by atoms with Crippen LogP contribution in [0.5, 0.6) is 0 Å². The quantitative estimate of drug-likeness (QED) is 0.288. The van der Waals surface area contributed by atoms with Gasteiger partial charge in [0, 0.05) is 0 Å². The van der Waals surface area contributed by atoms with E-state index in [1.54, 1.807) is 37.4 Å². The van der Waals surface area contributed by atoms with E-state index in [0.717, 1.165) is 53.2 Å². The molecule has 6 heteroatoms. The Morgan fingerprint density at radius 3 is 2.15 bits per heavy atom. The predicted octanol–water partition coefficient (Wildman–Crippen LogP) is 2.92. The third kappa shape index (κ3) is 7.06. The molecule has 20 heavy (non-hydrogen) atoms. The first-order valence-electron chi connectivity index (χ1n) is 7.55. The van der Waals surface area contributed by atoms with Crippen molar-refractivity contribution in [2.75, 3.05) is 11.5 Å². The van der Waals surface area contributed by atoms with Crippen LogP contribution in [0.25, 0.3) is 0 Å². The summed E-state index contributed by atoms with van der Waals surface area (Å²) in [6.07, 6.45) is 7.89. The van der Waals surface area contributed by atoms with Crippen LogP contribution in [0.1, 0.15) is 32.1 Å². The summed E-state index contributed by atoms with van der Waals surface area (Å²) >= 11 is 10.7. The summed E-state index contributed by atoms with van der Waals surface area (Å²) in [5.74, 6) is 2.94. The SMILES string of the molecule is [TeH]C(CC1CS1)CC1CC[Se]C(CC([TeH])CC2CS2)[Se]1. The van der Waals surface area contributed by atoms with Gasteiger partial charge in [-0.05, 0) is 0 Å². The summed E-state index contributed by atoms with van der Waals surface area (Å²) < 4.78 is 3.34. The molecular formula is C14H24S2Se2Te2. The average molecular weight is 670 g/mol. The summed E-state index contributed by atoms with van der Waals surface area (Å²) in [6.45, 7) is 0. The molecule has 6 atom stereocenters.